The number of nitrogens with two attached hydrogens (primary N) is 1. The van der Waals surface area contributed by atoms with E-state index in [-0.39, 0.29) is 11.6 Å². The highest BCUT2D eigenvalue weighted by atomic mass is 32.1. The molecule has 2 rings (SSSR count). The quantitative estimate of drug-likeness (QED) is 0.803. The molecular formula is C15H17FN2O2S. The maximum atomic E-state index is 12.8. The van der Waals surface area contributed by atoms with Crippen LogP contribution in [-0.4, -0.2) is 19.4 Å². The summed E-state index contributed by atoms with van der Waals surface area (Å²) in [6, 6.07) is 6.37. The normalized spacial score (nSPS) is 10.4. The molecule has 1 aromatic heterocycles. The van der Waals surface area contributed by atoms with Gasteiger partial charge in [0.2, 0.25) is 0 Å². The number of hydrogen-bond donors (Lipinski definition) is 2. The lowest BCUT2D eigenvalue weighted by Gasteiger charge is -2.07. The summed E-state index contributed by atoms with van der Waals surface area (Å²) >= 11 is 1.29. The second-order valence-corrected chi connectivity index (χ2v) is 5.59. The lowest BCUT2D eigenvalue weighted by Crippen LogP contribution is -2.04. The lowest BCUT2D eigenvalue weighted by atomic mass is 10.1. The van der Waals surface area contributed by atoms with Crippen LogP contribution in [-0.2, 0) is 6.42 Å². The molecule has 0 bridgehead atoms. The summed E-state index contributed by atoms with van der Waals surface area (Å²) in [6.07, 6.45) is 0.733. The molecular weight excluding hydrogens is 291 g/mol. The number of methoxy groups -OCH3 is 1. The first-order chi connectivity index (χ1) is 10.0. The van der Waals surface area contributed by atoms with E-state index in [9.17, 15) is 9.18 Å². The van der Waals surface area contributed by atoms with Crippen molar-refractivity contribution in [3.05, 3.63) is 40.5 Å². The Balaban J connectivity index is 2.04. The van der Waals surface area contributed by atoms with E-state index in [0.717, 1.165) is 17.0 Å². The molecule has 4 nitrogen and oxygen atoms in total. The molecule has 0 unspecified atom stereocenters. The third kappa shape index (κ3) is 3.52. The Hall–Kier alpha value is -2.08. The van der Waals surface area contributed by atoms with Crippen molar-refractivity contribution in [1.82, 2.24) is 0 Å². The van der Waals surface area contributed by atoms with Crippen LogP contribution in [0.3, 0.4) is 0 Å². The van der Waals surface area contributed by atoms with Crippen LogP contribution in [0.5, 0.6) is 5.75 Å². The van der Waals surface area contributed by atoms with Crippen molar-refractivity contribution in [1.29, 1.82) is 0 Å². The number of ketones is 1. The van der Waals surface area contributed by atoms with Crippen LogP contribution in [0.1, 0.15) is 22.2 Å². The van der Waals surface area contributed by atoms with Gasteiger partial charge in [-0.25, -0.2) is 4.39 Å². The van der Waals surface area contributed by atoms with Crippen LogP contribution in [0, 0.1) is 5.82 Å². The first-order valence-corrected chi connectivity index (χ1v) is 7.30. The van der Waals surface area contributed by atoms with Crippen LogP contribution in [0.2, 0.25) is 0 Å². The Morgan fingerprint density at radius 3 is 2.62 bits per heavy atom. The number of rotatable bonds is 6. The van der Waals surface area contributed by atoms with E-state index in [0.29, 0.717) is 22.9 Å². The highest BCUT2D eigenvalue weighted by Gasteiger charge is 2.19. The number of hydrogen-bond acceptors (Lipinski definition) is 5. The molecule has 0 atom stereocenters. The number of Topliss-reactive ketones (excluding diaryl/α,β-unsaturated/α-hetero) is 1. The molecule has 0 amide bonds. The summed E-state index contributed by atoms with van der Waals surface area (Å²) in [5.41, 5.74) is 7.30. The van der Waals surface area contributed by atoms with Gasteiger partial charge in [-0.3, -0.25) is 4.79 Å². The number of nitrogen functional groups attached to an aromatic ring is 1. The smallest absolute Gasteiger partial charge is 0.176 e. The highest BCUT2D eigenvalue weighted by Crippen LogP contribution is 2.42. The third-order valence-corrected chi connectivity index (χ3v) is 4.28. The van der Waals surface area contributed by atoms with E-state index in [2.05, 4.69) is 5.32 Å². The largest absolute Gasteiger partial charge is 0.492 e. The van der Waals surface area contributed by atoms with E-state index in [1.54, 1.807) is 12.1 Å². The van der Waals surface area contributed by atoms with Crippen molar-refractivity contribution in [2.45, 2.75) is 13.3 Å². The maximum absolute atomic E-state index is 12.8. The van der Waals surface area contributed by atoms with Crippen molar-refractivity contribution in [2.75, 3.05) is 24.7 Å². The number of benzene rings is 1. The van der Waals surface area contributed by atoms with E-state index in [4.69, 9.17) is 10.5 Å². The zero-order chi connectivity index (χ0) is 15.4. The first kappa shape index (κ1) is 15.3. The van der Waals surface area contributed by atoms with Gasteiger partial charge in [0.25, 0.3) is 0 Å². The molecule has 0 radical (unpaired) electrons. The summed E-state index contributed by atoms with van der Waals surface area (Å²) in [5.74, 6) is 0.178. The van der Waals surface area contributed by atoms with Gasteiger partial charge in [0.05, 0.1) is 17.7 Å². The molecule has 21 heavy (non-hydrogen) atoms. The summed E-state index contributed by atoms with van der Waals surface area (Å²) in [5, 5.41) is 3.95. The molecule has 0 aliphatic rings. The van der Waals surface area contributed by atoms with Gasteiger partial charge in [0, 0.05) is 13.5 Å². The molecule has 0 spiro atoms. The van der Waals surface area contributed by atoms with Gasteiger partial charge in [-0.05, 0) is 24.1 Å². The van der Waals surface area contributed by atoms with Crippen LogP contribution in [0.25, 0.3) is 0 Å². The number of ether oxygens (including phenoxy) is 1. The molecule has 6 heteroatoms. The van der Waals surface area contributed by atoms with Crippen LogP contribution >= 0.6 is 11.3 Å². The van der Waals surface area contributed by atoms with Crippen LogP contribution in [0.4, 0.5) is 15.1 Å². The fraction of sp³-hybridized carbons (Fsp3) is 0.267. The topological polar surface area (TPSA) is 64.3 Å². The summed E-state index contributed by atoms with van der Waals surface area (Å²) in [6.45, 7) is 2.11. The minimum atomic E-state index is -0.245. The van der Waals surface area contributed by atoms with Crippen LogP contribution < -0.4 is 15.8 Å². The SMILES string of the molecule is COc1c(NCCc2ccc(F)cc2)sc(C(C)=O)c1N. The van der Waals surface area contributed by atoms with Crippen molar-refractivity contribution in [3.63, 3.8) is 0 Å². The van der Waals surface area contributed by atoms with Gasteiger partial charge in [-0.1, -0.05) is 12.1 Å². The monoisotopic (exact) mass is 308 g/mol. The van der Waals surface area contributed by atoms with Gasteiger partial charge in [-0.15, -0.1) is 11.3 Å². The number of nitrogens with one attached hydrogen (secondary N) is 1. The van der Waals surface area contributed by atoms with Gasteiger partial charge in [-0.2, -0.15) is 0 Å². The molecule has 112 valence electrons. The molecule has 3 N–H and O–H groups in total. The lowest BCUT2D eigenvalue weighted by molar-refractivity contribution is 0.102. The Morgan fingerprint density at radius 1 is 1.38 bits per heavy atom. The Morgan fingerprint density at radius 2 is 2.05 bits per heavy atom. The summed E-state index contributed by atoms with van der Waals surface area (Å²) < 4.78 is 18.1. The van der Waals surface area contributed by atoms with E-state index < -0.39 is 0 Å². The average Bonchev–Trinajstić information content (AvgIpc) is 2.77. The Bertz CT molecular complexity index is 638. The van der Waals surface area contributed by atoms with Gasteiger partial charge < -0.3 is 15.8 Å². The highest BCUT2D eigenvalue weighted by molar-refractivity contribution is 7.19. The number of halogens is 1. The molecule has 0 aliphatic carbocycles. The van der Waals surface area contributed by atoms with Crippen molar-refractivity contribution in [2.24, 2.45) is 0 Å². The van der Waals surface area contributed by atoms with Gasteiger partial charge >= 0.3 is 0 Å². The predicted molar refractivity (Wildman–Crippen MR) is 83.9 cm³/mol. The minimum absolute atomic E-state index is 0.0811. The van der Waals surface area contributed by atoms with E-state index >= 15 is 0 Å². The molecule has 1 aromatic carbocycles. The Kier molecular flexibility index (Phi) is 4.80. The summed E-state index contributed by atoms with van der Waals surface area (Å²) in [7, 11) is 1.52. The first-order valence-electron chi connectivity index (χ1n) is 6.48. The second-order valence-electron chi connectivity index (χ2n) is 4.57. The van der Waals surface area contributed by atoms with E-state index in [1.807, 2.05) is 0 Å². The standard InChI is InChI=1S/C15H17FN2O2S/c1-9(19)14-12(17)13(20-2)15(21-14)18-8-7-10-3-5-11(16)6-4-10/h3-6,18H,7-8,17H2,1-2H3. The zero-order valence-corrected chi connectivity index (χ0v) is 12.7. The second kappa shape index (κ2) is 6.58. The number of thiophene rings is 1. The average molecular weight is 308 g/mol. The van der Waals surface area contributed by atoms with Gasteiger partial charge in [0.1, 0.15) is 10.8 Å². The molecule has 0 saturated carbocycles. The molecule has 0 saturated heterocycles. The van der Waals surface area contributed by atoms with Gasteiger partial charge in [0.15, 0.2) is 11.5 Å². The molecule has 0 aliphatic heterocycles. The predicted octanol–water partition coefficient (Wildman–Crippen LogP) is 3.34. The van der Waals surface area contributed by atoms with Crippen molar-refractivity contribution >= 4 is 27.8 Å². The van der Waals surface area contributed by atoms with Crippen molar-refractivity contribution in [3.8, 4) is 5.75 Å². The maximum Gasteiger partial charge on any atom is 0.176 e. The minimum Gasteiger partial charge on any atom is -0.492 e. The number of anilines is 2. The summed E-state index contributed by atoms with van der Waals surface area (Å²) in [4.78, 5) is 12.0. The molecule has 1 heterocycles. The Labute approximate surface area is 126 Å². The van der Waals surface area contributed by atoms with E-state index in [1.165, 1.54) is 37.5 Å². The molecule has 2 aromatic rings. The fourth-order valence-corrected chi connectivity index (χ4v) is 2.99. The fourth-order valence-electron chi connectivity index (χ4n) is 1.98. The number of carbonyl (C=O) groups is 1. The zero-order valence-electron chi connectivity index (χ0n) is 11.9. The third-order valence-electron chi connectivity index (χ3n) is 3.04. The number of carbonyl (C=O) groups excluding carboxylic acids is 1. The molecule has 0 fully saturated rings. The van der Waals surface area contributed by atoms with Crippen molar-refractivity contribution < 1.29 is 13.9 Å². The van der Waals surface area contributed by atoms with Crippen LogP contribution in [0.15, 0.2) is 24.3 Å².